The molecule has 7 nitrogen and oxygen atoms in total. The molecule has 0 saturated carbocycles. The van der Waals surface area contributed by atoms with Crippen molar-refractivity contribution in [1.82, 2.24) is 0 Å². The second-order valence-electron chi connectivity index (χ2n) is 4.13. The summed E-state index contributed by atoms with van der Waals surface area (Å²) in [6, 6.07) is 4.72. The molecule has 1 aromatic carbocycles. The lowest BCUT2D eigenvalue weighted by atomic mass is 10.1. The van der Waals surface area contributed by atoms with E-state index in [-0.39, 0.29) is 5.56 Å². The fourth-order valence-corrected chi connectivity index (χ4v) is 1.98. The molecule has 1 aliphatic heterocycles. The van der Waals surface area contributed by atoms with Gasteiger partial charge in [0.2, 0.25) is 5.91 Å². The molecule has 4 N–H and O–H groups in total. The molecule has 0 aliphatic carbocycles. The molecule has 2 amide bonds. The van der Waals surface area contributed by atoms with Crippen LogP contribution in [0.15, 0.2) is 18.2 Å². The number of hydrogen-bond acceptors (Lipinski definition) is 4. The van der Waals surface area contributed by atoms with Gasteiger partial charge in [-0.05, 0) is 18.2 Å². The number of carbonyl (C=O) groups excluding carboxylic acids is 1. The Kier molecular flexibility index (Phi) is 3.86. The zero-order valence-corrected chi connectivity index (χ0v) is 10.3. The maximum Gasteiger partial charge on any atom is 0.409 e. The molecule has 102 valence electrons. The number of amides is 2. The van der Waals surface area contributed by atoms with Crippen molar-refractivity contribution in [2.24, 2.45) is 5.73 Å². The Balaban J connectivity index is 2.34. The highest BCUT2D eigenvalue weighted by Gasteiger charge is 2.17. The molecule has 1 saturated heterocycles. The number of anilines is 2. The Labute approximate surface area is 109 Å². The minimum absolute atomic E-state index is 0.265. The number of morpholine rings is 1. The van der Waals surface area contributed by atoms with E-state index >= 15 is 0 Å². The Morgan fingerprint density at radius 3 is 2.58 bits per heavy atom. The Morgan fingerprint density at radius 2 is 2.00 bits per heavy atom. The molecule has 1 heterocycles. The Morgan fingerprint density at radius 1 is 1.32 bits per heavy atom. The monoisotopic (exact) mass is 265 g/mol. The summed E-state index contributed by atoms with van der Waals surface area (Å²) in [5.41, 5.74) is 6.53. The van der Waals surface area contributed by atoms with Gasteiger partial charge in [-0.1, -0.05) is 0 Å². The van der Waals surface area contributed by atoms with Crippen molar-refractivity contribution in [3.8, 4) is 0 Å². The second kappa shape index (κ2) is 5.57. The molecule has 0 bridgehead atoms. The number of benzene rings is 1. The summed E-state index contributed by atoms with van der Waals surface area (Å²) >= 11 is 0. The molecule has 0 atom stereocenters. The van der Waals surface area contributed by atoms with Crippen LogP contribution in [0, 0.1) is 0 Å². The first-order chi connectivity index (χ1) is 9.08. The fraction of sp³-hybridized carbons (Fsp3) is 0.333. The number of nitrogens with two attached hydrogens (primary N) is 1. The first-order valence-electron chi connectivity index (χ1n) is 5.84. The molecular weight excluding hydrogens is 250 g/mol. The van der Waals surface area contributed by atoms with E-state index in [2.05, 4.69) is 5.32 Å². The average molecular weight is 265 g/mol. The zero-order valence-electron chi connectivity index (χ0n) is 10.3. The SMILES string of the molecule is NC(=O)c1ccc(N2CCOCC2)c(NC(=O)O)c1. The number of carbonyl (C=O) groups is 2. The number of nitrogens with zero attached hydrogens (tertiary/aromatic N) is 1. The van der Waals surface area contributed by atoms with Crippen LogP contribution < -0.4 is 16.0 Å². The third-order valence-corrected chi connectivity index (χ3v) is 2.87. The van der Waals surface area contributed by atoms with E-state index in [1.807, 2.05) is 4.90 Å². The van der Waals surface area contributed by atoms with Gasteiger partial charge in [0.1, 0.15) is 0 Å². The molecule has 0 aromatic heterocycles. The van der Waals surface area contributed by atoms with Gasteiger partial charge in [0.25, 0.3) is 0 Å². The first-order valence-corrected chi connectivity index (χ1v) is 5.84. The van der Waals surface area contributed by atoms with Crippen LogP contribution in [0.3, 0.4) is 0 Å². The maximum absolute atomic E-state index is 11.1. The zero-order chi connectivity index (χ0) is 13.8. The number of ether oxygens (including phenoxy) is 1. The molecule has 1 aromatic rings. The van der Waals surface area contributed by atoms with Crippen molar-refractivity contribution in [2.45, 2.75) is 0 Å². The van der Waals surface area contributed by atoms with Crippen LogP contribution in [0.4, 0.5) is 16.2 Å². The minimum atomic E-state index is -1.18. The van der Waals surface area contributed by atoms with Gasteiger partial charge in [0.15, 0.2) is 0 Å². The lowest BCUT2D eigenvalue weighted by Crippen LogP contribution is -2.36. The Hall–Kier alpha value is -2.28. The summed E-state index contributed by atoms with van der Waals surface area (Å²) in [6.45, 7) is 2.52. The van der Waals surface area contributed by atoms with E-state index in [0.717, 1.165) is 5.69 Å². The van der Waals surface area contributed by atoms with E-state index in [9.17, 15) is 9.59 Å². The largest absolute Gasteiger partial charge is 0.465 e. The van der Waals surface area contributed by atoms with Gasteiger partial charge in [0, 0.05) is 18.7 Å². The number of carboxylic acid groups (broad SMARTS) is 1. The van der Waals surface area contributed by atoms with Gasteiger partial charge in [-0.2, -0.15) is 0 Å². The highest BCUT2D eigenvalue weighted by molar-refractivity contribution is 5.97. The van der Waals surface area contributed by atoms with E-state index in [0.29, 0.717) is 32.0 Å². The van der Waals surface area contributed by atoms with Crippen molar-refractivity contribution in [2.75, 3.05) is 36.5 Å². The van der Waals surface area contributed by atoms with Crippen molar-refractivity contribution in [1.29, 1.82) is 0 Å². The predicted octanol–water partition coefficient (Wildman–Crippen LogP) is 0.712. The molecule has 0 unspecified atom stereocenters. The predicted molar refractivity (Wildman–Crippen MR) is 69.6 cm³/mol. The van der Waals surface area contributed by atoms with Crippen molar-refractivity contribution >= 4 is 23.4 Å². The number of primary amides is 1. The van der Waals surface area contributed by atoms with E-state index in [1.165, 1.54) is 6.07 Å². The summed E-state index contributed by atoms with van der Waals surface area (Å²) in [5.74, 6) is -0.595. The quantitative estimate of drug-likeness (QED) is 0.746. The van der Waals surface area contributed by atoms with Crippen LogP contribution in [-0.2, 0) is 4.74 Å². The molecule has 2 rings (SSSR count). The highest BCUT2D eigenvalue weighted by atomic mass is 16.5. The van der Waals surface area contributed by atoms with Crippen molar-refractivity contribution in [3.05, 3.63) is 23.8 Å². The van der Waals surface area contributed by atoms with E-state index in [1.54, 1.807) is 12.1 Å². The van der Waals surface area contributed by atoms with E-state index < -0.39 is 12.0 Å². The van der Waals surface area contributed by atoms with Crippen LogP contribution in [0.5, 0.6) is 0 Å². The topological polar surface area (TPSA) is 105 Å². The van der Waals surface area contributed by atoms with Gasteiger partial charge >= 0.3 is 6.09 Å². The summed E-state index contributed by atoms with van der Waals surface area (Å²) < 4.78 is 5.25. The standard InChI is InChI=1S/C12H15N3O4/c13-11(16)8-1-2-10(9(7-8)14-12(17)18)15-3-5-19-6-4-15/h1-2,7,14H,3-6H2,(H2,13,16)(H,17,18). The van der Waals surface area contributed by atoms with Gasteiger partial charge < -0.3 is 20.5 Å². The van der Waals surface area contributed by atoms with Crippen LogP contribution in [-0.4, -0.2) is 43.4 Å². The normalized spacial score (nSPS) is 15.1. The molecular formula is C12H15N3O4. The van der Waals surface area contributed by atoms with Crippen LogP contribution in [0.1, 0.15) is 10.4 Å². The van der Waals surface area contributed by atoms with Crippen LogP contribution >= 0.6 is 0 Å². The van der Waals surface area contributed by atoms with Crippen molar-refractivity contribution in [3.63, 3.8) is 0 Å². The van der Waals surface area contributed by atoms with Gasteiger partial charge in [-0.15, -0.1) is 0 Å². The summed E-state index contributed by atoms with van der Waals surface area (Å²) in [7, 11) is 0. The third-order valence-electron chi connectivity index (χ3n) is 2.87. The molecule has 7 heteroatoms. The lowest BCUT2D eigenvalue weighted by Gasteiger charge is -2.30. The van der Waals surface area contributed by atoms with Crippen LogP contribution in [0.25, 0.3) is 0 Å². The number of hydrogen-bond donors (Lipinski definition) is 3. The summed E-state index contributed by atoms with van der Waals surface area (Å²) in [4.78, 5) is 24.0. The average Bonchev–Trinajstić information content (AvgIpc) is 2.39. The second-order valence-corrected chi connectivity index (χ2v) is 4.13. The molecule has 0 radical (unpaired) electrons. The van der Waals surface area contributed by atoms with Crippen molar-refractivity contribution < 1.29 is 19.4 Å². The number of rotatable bonds is 3. The number of nitrogens with one attached hydrogen (secondary N) is 1. The lowest BCUT2D eigenvalue weighted by molar-refractivity contribution is 0.1000. The fourth-order valence-electron chi connectivity index (χ4n) is 1.98. The van der Waals surface area contributed by atoms with Crippen LogP contribution in [0.2, 0.25) is 0 Å². The van der Waals surface area contributed by atoms with E-state index in [4.69, 9.17) is 15.6 Å². The Bertz CT molecular complexity index is 498. The molecule has 1 aliphatic rings. The maximum atomic E-state index is 11.1. The molecule has 19 heavy (non-hydrogen) atoms. The van der Waals surface area contributed by atoms with Gasteiger partial charge in [0.05, 0.1) is 24.6 Å². The summed E-state index contributed by atoms with van der Waals surface area (Å²) in [5, 5.41) is 11.1. The molecule has 1 fully saturated rings. The van der Waals surface area contributed by atoms with Gasteiger partial charge in [-0.3, -0.25) is 10.1 Å². The first kappa shape index (κ1) is 13.2. The highest BCUT2D eigenvalue weighted by Crippen LogP contribution is 2.28. The molecule has 0 spiro atoms. The van der Waals surface area contributed by atoms with Gasteiger partial charge in [-0.25, -0.2) is 4.79 Å². The third kappa shape index (κ3) is 3.14. The summed E-state index contributed by atoms with van der Waals surface area (Å²) in [6.07, 6.45) is -1.18. The smallest absolute Gasteiger partial charge is 0.409 e. The minimum Gasteiger partial charge on any atom is -0.465 e.